The van der Waals surface area contributed by atoms with E-state index in [9.17, 15) is 19.7 Å². The molecule has 0 saturated carbocycles. The number of rotatable bonds is 6. The van der Waals surface area contributed by atoms with Crippen LogP contribution in [0.1, 0.15) is 5.56 Å². The molecule has 2 aromatic carbocycles. The Balaban J connectivity index is 1.74. The highest BCUT2D eigenvalue weighted by Crippen LogP contribution is 2.41. The maximum Gasteiger partial charge on any atom is 0.279 e. The molecule has 0 N–H and O–H groups in total. The Hall–Kier alpha value is -4.15. The summed E-state index contributed by atoms with van der Waals surface area (Å²) in [7, 11) is 4.30. The average Bonchev–Trinajstić information content (AvgIpc) is 3.32. The van der Waals surface area contributed by atoms with Crippen molar-refractivity contribution < 1.29 is 33.6 Å². The predicted octanol–water partition coefficient (Wildman–Crippen LogP) is 1.91. The first-order valence-corrected chi connectivity index (χ1v) is 9.07. The summed E-state index contributed by atoms with van der Waals surface area (Å²) in [6.45, 7) is 0. The number of methoxy groups -OCH3 is 3. The monoisotopic (exact) mass is 427 g/mol. The lowest BCUT2D eigenvalue weighted by atomic mass is 9.94. The lowest BCUT2D eigenvalue weighted by Gasteiger charge is -2.18. The molecule has 0 aromatic heterocycles. The second-order valence-electron chi connectivity index (χ2n) is 6.68. The third-order valence-corrected chi connectivity index (χ3v) is 5.11. The van der Waals surface area contributed by atoms with E-state index < -0.39 is 28.8 Å². The first-order valence-electron chi connectivity index (χ1n) is 9.07. The van der Waals surface area contributed by atoms with Gasteiger partial charge in [-0.3, -0.25) is 19.7 Å². The molecule has 4 rings (SSSR count). The highest BCUT2D eigenvalue weighted by atomic mass is 16.7. The van der Waals surface area contributed by atoms with Gasteiger partial charge in [0.25, 0.3) is 11.6 Å². The second-order valence-corrected chi connectivity index (χ2v) is 6.68. The van der Waals surface area contributed by atoms with Crippen molar-refractivity contribution in [3.63, 3.8) is 0 Å². The number of hydrogen-bond acceptors (Lipinski definition) is 9. The minimum atomic E-state index is -1.18. The average molecular weight is 427 g/mol. The van der Waals surface area contributed by atoms with Crippen LogP contribution < -0.4 is 19.1 Å². The second kappa shape index (κ2) is 7.59. The summed E-state index contributed by atoms with van der Waals surface area (Å²) in [5.41, 5.74) is 0.440. The molecule has 2 unspecified atom stereocenters. The highest BCUT2D eigenvalue weighted by Gasteiger charge is 2.56. The summed E-state index contributed by atoms with van der Waals surface area (Å²) in [5, 5.41) is 15.1. The molecule has 0 bridgehead atoms. The number of fused-ring (bicyclic) bond motifs is 1. The van der Waals surface area contributed by atoms with E-state index in [1.807, 2.05) is 0 Å². The molecular formula is C20H17N3O8. The quantitative estimate of drug-likeness (QED) is 0.388. The fraction of sp³-hybridized carbons (Fsp3) is 0.250. The number of carbonyl (C=O) groups excluding carboxylic acids is 2. The number of anilines is 1. The number of nitrogens with zero attached hydrogens (tertiary/aromatic N) is 3. The molecule has 2 aliphatic rings. The molecule has 160 valence electrons. The van der Waals surface area contributed by atoms with E-state index >= 15 is 0 Å². The molecule has 1 fully saturated rings. The van der Waals surface area contributed by atoms with Crippen molar-refractivity contribution in [3.8, 4) is 17.2 Å². The van der Waals surface area contributed by atoms with Crippen molar-refractivity contribution in [2.75, 3.05) is 26.2 Å². The SMILES string of the molecule is COc1ccc(C2=NOC3C(=O)N(c4cc([N+](=O)[O-])ccc4OC)C(=O)C23)cc1OC. The molecule has 2 amide bonds. The van der Waals surface area contributed by atoms with E-state index in [0.717, 1.165) is 11.0 Å². The van der Waals surface area contributed by atoms with Crippen LogP contribution in [-0.4, -0.2) is 49.9 Å². The number of oxime groups is 1. The minimum absolute atomic E-state index is 0.0311. The van der Waals surface area contributed by atoms with Crippen LogP contribution >= 0.6 is 0 Å². The normalized spacial score (nSPS) is 19.6. The van der Waals surface area contributed by atoms with E-state index in [1.165, 1.54) is 33.5 Å². The van der Waals surface area contributed by atoms with Gasteiger partial charge < -0.3 is 19.0 Å². The van der Waals surface area contributed by atoms with Gasteiger partial charge in [-0.25, -0.2) is 4.90 Å². The van der Waals surface area contributed by atoms with Gasteiger partial charge in [0.1, 0.15) is 23.1 Å². The van der Waals surface area contributed by atoms with Crippen molar-refractivity contribution >= 4 is 28.9 Å². The Kier molecular flexibility index (Phi) is 4.93. The van der Waals surface area contributed by atoms with Crippen LogP contribution in [-0.2, 0) is 14.4 Å². The molecule has 2 aliphatic heterocycles. The molecule has 11 heteroatoms. The number of non-ortho nitro benzene ring substituents is 1. The molecule has 0 aliphatic carbocycles. The Labute approximate surface area is 175 Å². The van der Waals surface area contributed by atoms with Gasteiger partial charge >= 0.3 is 0 Å². The fourth-order valence-electron chi connectivity index (χ4n) is 3.62. The predicted molar refractivity (Wildman–Crippen MR) is 107 cm³/mol. The van der Waals surface area contributed by atoms with Crippen LogP contribution in [0.5, 0.6) is 17.2 Å². The van der Waals surface area contributed by atoms with Crippen LogP contribution in [0.15, 0.2) is 41.6 Å². The third-order valence-electron chi connectivity index (χ3n) is 5.11. The smallest absolute Gasteiger partial charge is 0.279 e. The molecule has 2 aromatic rings. The van der Waals surface area contributed by atoms with Crippen LogP contribution in [0.2, 0.25) is 0 Å². The zero-order valence-electron chi connectivity index (χ0n) is 16.7. The van der Waals surface area contributed by atoms with Crippen molar-refractivity contribution in [1.29, 1.82) is 0 Å². The first kappa shape index (κ1) is 20.1. The first-order chi connectivity index (χ1) is 14.9. The van der Waals surface area contributed by atoms with E-state index in [4.69, 9.17) is 19.0 Å². The molecule has 0 radical (unpaired) electrons. The summed E-state index contributed by atoms with van der Waals surface area (Å²) in [4.78, 5) is 43.0. The molecule has 1 saturated heterocycles. The Morgan fingerprint density at radius 2 is 1.65 bits per heavy atom. The van der Waals surface area contributed by atoms with Gasteiger partial charge in [0, 0.05) is 17.7 Å². The van der Waals surface area contributed by atoms with Crippen LogP contribution in [0.4, 0.5) is 11.4 Å². The van der Waals surface area contributed by atoms with Crippen LogP contribution in [0.25, 0.3) is 0 Å². The maximum absolute atomic E-state index is 13.3. The number of nitro groups is 1. The third kappa shape index (κ3) is 3.10. The minimum Gasteiger partial charge on any atom is -0.495 e. The largest absolute Gasteiger partial charge is 0.495 e. The van der Waals surface area contributed by atoms with Gasteiger partial charge in [-0.1, -0.05) is 5.16 Å². The molecule has 0 spiro atoms. The van der Waals surface area contributed by atoms with Crippen molar-refractivity contribution in [2.24, 2.45) is 11.1 Å². The summed E-state index contributed by atoms with van der Waals surface area (Å²) >= 11 is 0. The molecule has 31 heavy (non-hydrogen) atoms. The Bertz CT molecular complexity index is 1130. The van der Waals surface area contributed by atoms with E-state index in [0.29, 0.717) is 17.1 Å². The van der Waals surface area contributed by atoms with Crippen molar-refractivity contribution in [1.82, 2.24) is 0 Å². The molecular weight excluding hydrogens is 410 g/mol. The Morgan fingerprint density at radius 1 is 0.968 bits per heavy atom. The number of amides is 2. The highest BCUT2D eigenvalue weighted by molar-refractivity contribution is 6.33. The van der Waals surface area contributed by atoms with Crippen molar-refractivity contribution in [3.05, 3.63) is 52.1 Å². The van der Waals surface area contributed by atoms with E-state index in [2.05, 4.69) is 5.16 Å². The van der Waals surface area contributed by atoms with Gasteiger partial charge in [0.2, 0.25) is 12.0 Å². The lowest BCUT2D eigenvalue weighted by Crippen LogP contribution is -2.33. The van der Waals surface area contributed by atoms with Crippen molar-refractivity contribution in [2.45, 2.75) is 6.10 Å². The topological polar surface area (TPSA) is 130 Å². The molecule has 11 nitrogen and oxygen atoms in total. The summed E-state index contributed by atoms with van der Waals surface area (Å²) in [6.07, 6.45) is -1.18. The number of imide groups is 1. The summed E-state index contributed by atoms with van der Waals surface area (Å²) in [5.74, 6) is -1.29. The van der Waals surface area contributed by atoms with Gasteiger partial charge in [-0.15, -0.1) is 0 Å². The van der Waals surface area contributed by atoms with Gasteiger partial charge in [0.15, 0.2) is 11.5 Å². The standard InChI is InChI=1S/C20H17N3O8/c1-28-13-7-5-11(23(26)27)9-12(13)22-19(24)16-17(21-31-18(16)20(22)25)10-4-6-14(29-2)15(8-10)30-3/h4-9,16,18H,1-3H3. The van der Waals surface area contributed by atoms with Crippen LogP contribution in [0.3, 0.4) is 0 Å². The van der Waals surface area contributed by atoms with Gasteiger partial charge in [-0.05, 0) is 24.3 Å². The van der Waals surface area contributed by atoms with Gasteiger partial charge in [-0.2, -0.15) is 0 Å². The zero-order valence-corrected chi connectivity index (χ0v) is 16.7. The zero-order chi connectivity index (χ0) is 22.3. The van der Waals surface area contributed by atoms with Crippen LogP contribution in [0, 0.1) is 16.0 Å². The van der Waals surface area contributed by atoms with Gasteiger partial charge in [0.05, 0.1) is 26.3 Å². The number of carbonyl (C=O) groups is 2. The molecule has 2 heterocycles. The maximum atomic E-state index is 13.3. The fourth-order valence-corrected chi connectivity index (χ4v) is 3.62. The lowest BCUT2D eigenvalue weighted by molar-refractivity contribution is -0.384. The number of ether oxygens (including phenoxy) is 3. The number of hydrogen-bond donors (Lipinski definition) is 0. The van der Waals surface area contributed by atoms with E-state index in [1.54, 1.807) is 18.2 Å². The van der Waals surface area contributed by atoms with E-state index in [-0.39, 0.29) is 22.8 Å². The summed E-state index contributed by atoms with van der Waals surface area (Å²) in [6, 6.07) is 8.60. The number of nitro benzene ring substituents is 1. The Morgan fingerprint density at radius 3 is 2.29 bits per heavy atom. The number of benzene rings is 2. The summed E-state index contributed by atoms with van der Waals surface area (Å²) < 4.78 is 15.7. The molecule has 2 atom stereocenters.